The number of rotatable bonds is 22. The molecule has 4 N–H and O–H groups in total. The molecule has 15 heteroatoms. The van der Waals surface area contributed by atoms with Crippen LogP contribution in [0.15, 0.2) is 24.3 Å². The number of carbonyl (C=O) groups excluding carboxylic acids is 3. The number of hydrogen-bond acceptors (Lipinski definition) is 15. The molecule has 0 radical (unpaired) electrons. The molecule has 0 amide bonds. The molecule has 0 aliphatic carbocycles. The molecule has 0 bridgehead atoms. The fraction of sp³-hybridized carbons (Fsp3) is 0.873. The number of aliphatic hydroxyl groups excluding tert-OH is 2. The van der Waals surface area contributed by atoms with Crippen molar-refractivity contribution in [3.05, 3.63) is 24.3 Å². The lowest BCUT2D eigenvalue weighted by molar-refractivity contribution is -0.318. The van der Waals surface area contributed by atoms with Gasteiger partial charge in [-0.3, -0.25) is 14.4 Å². The lowest BCUT2D eigenvalue weighted by Crippen LogP contribution is -2.61. The number of hydrogen-bond donors (Lipinski definition) is 4. The Balaban J connectivity index is 1.85. The van der Waals surface area contributed by atoms with Gasteiger partial charge in [-0.2, -0.15) is 0 Å². The molecule has 3 saturated heterocycles. The molecule has 0 saturated carbocycles. The quantitative estimate of drug-likeness (QED) is 0.0460. The predicted molar refractivity (Wildman–Crippen MR) is 269 cm³/mol. The number of cyclic esters (lactones) is 1. The Labute approximate surface area is 421 Å². The van der Waals surface area contributed by atoms with E-state index in [1.54, 1.807) is 34.6 Å². The molecule has 0 aromatic rings. The third-order valence-corrected chi connectivity index (χ3v) is 15.4. The summed E-state index contributed by atoms with van der Waals surface area (Å²) in [6.45, 7) is 18.8. The van der Waals surface area contributed by atoms with Crippen LogP contribution in [0.1, 0.15) is 179 Å². The molecular weight excluding hydrogens is 899 g/mol. The number of ketones is 1. The Morgan fingerprint density at radius 1 is 0.800 bits per heavy atom. The number of Topliss-reactive ketones (excluding diaryl/α,β-unsaturated/α-hetero) is 1. The molecule has 70 heavy (non-hydrogen) atoms. The standard InChI is InChI=1S/C55H97NO14/c1-15-17-18-19-20-21-22-23-24-25-26-27-28-29-30-31-43(57)68-50-40(8)66-44(34-54(50,10)64-14)69-47-38(6)49(70-52-46(59)41(56(12)13)32-36(4)65-52)53(9,62)33-35(3)45(58)37(5)48(60)55(11,63)42(16-2)67-51(61)39(47)7/h20-21,23-24,35-42,44,46-50,52,59-60,62-63H,15-19,22,25-34H2,1-14H3/b21-20-,24-23-/t35-,36-,37+,38+,39-,40+,41+,42-,44+,46-,47?,48-,49-,50+,52+,53-,54-,55-/m1/s1. The fourth-order valence-electron chi connectivity index (χ4n) is 10.9. The maximum absolute atomic E-state index is 14.4. The summed E-state index contributed by atoms with van der Waals surface area (Å²) in [4.78, 5) is 43.7. The number of esters is 2. The first-order valence-electron chi connectivity index (χ1n) is 26.7. The van der Waals surface area contributed by atoms with E-state index in [9.17, 15) is 34.8 Å². The van der Waals surface area contributed by atoms with Crippen molar-refractivity contribution in [3.63, 3.8) is 0 Å². The molecule has 0 aromatic carbocycles. The van der Waals surface area contributed by atoms with Gasteiger partial charge in [0.15, 0.2) is 18.7 Å². The number of ether oxygens (including phenoxy) is 7. The van der Waals surface area contributed by atoms with Crippen LogP contribution in [0, 0.1) is 23.7 Å². The topological polar surface area (TPSA) is 200 Å². The van der Waals surface area contributed by atoms with Gasteiger partial charge in [-0.1, -0.05) is 91.0 Å². The van der Waals surface area contributed by atoms with Crippen molar-refractivity contribution in [3.8, 4) is 0 Å². The zero-order valence-electron chi connectivity index (χ0n) is 45.6. The van der Waals surface area contributed by atoms with Crippen molar-refractivity contribution in [2.75, 3.05) is 21.2 Å². The molecular formula is C55H97NO14. The number of unbranched alkanes of at least 4 members (excludes halogenated alkanes) is 8. The van der Waals surface area contributed by atoms with Crippen LogP contribution in [-0.2, 0) is 47.5 Å². The molecule has 1 unspecified atom stereocenters. The number of carbonyl (C=O) groups is 3. The molecule has 0 spiro atoms. The van der Waals surface area contributed by atoms with Crippen molar-refractivity contribution >= 4 is 17.7 Å². The minimum atomic E-state index is -2.02. The van der Waals surface area contributed by atoms with Crippen molar-refractivity contribution in [1.29, 1.82) is 0 Å². The third kappa shape index (κ3) is 17.4. The van der Waals surface area contributed by atoms with Crippen LogP contribution in [0.3, 0.4) is 0 Å². The van der Waals surface area contributed by atoms with E-state index in [0.29, 0.717) is 12.8 Å². The number of aliphatic hydroxyl groups is 4. The van der Waals surface area contributed by atoms with Crippen molar-refractivity contribution in [1.82, 2.24) is 4.90 Å². The Morgan fingerprint density at radius 3 is 2.01 bits per heavy atom. The SMILES string of the molecule is CCCCC/C=C\C/C=C\CCCCCCCC(=O)O[C@H]1[C@H](C)O[C@@H](OC2[C@@H](C)C(=O)O[C@H](CC)[C@@](C)(O)[C@H](O)[C@@H](C)C(=O)[C@H](C)C[C@@](C)(O)[C@H](O[C@@H]3O[C@H](C)C[C@H](N(C)C)[C@H]3O)[C@H]2C)C[C@@]1(C)OC. The second kappa shape index (κ2) is 29.0. The van der Waals surface area contributed by atoms with E-state index in [-0.39, 0.29) is 43.8 Å². The summed E-state index contributed by atoms with van der Waals surface area (Å²) in [5.41, 5.74) is -4.94. The van der Waals surface area contributed by atoms with Gasteiger partial charge in [0.1, 0.15) is 29.2 Å². The summed E-state index contributed by atoms with van der Waals surface area (Å²) < 4.78 is 44.5. The zero-order chi connectivity index (χ0) is 52.6. The van der Waals surface area contributed by atoms with E-state index >= 15 is 0 Å². The summed E-state index contributed by atoms with van der Waals surface area (Å²) in [6, 6.07) is -0.346. The zero-order valence-corrected chi connectivity index (χ0v) is 45.6. The molecule has 3 rings (SSSR count). The van der Waals surface area contributed by atoms with Gasteiger partial charge in [0, 0.05) is 43.7 Å². The van der Waals surface area contributed by atoms with Crippen LogP contribution in [0.2, 0.25) is 0 Å². The molecule has 15 nitrogen and oxygen atoms in total. The highest BCUT2D eigenvalue weighted by molar-refractivity contribution is 5.83. The fourth-order valence-corrected chi connectivity index (χ4v) is 10.9. The maximum Gasteiger partial charge on any atom is 0.311 e. The second-order valence-corrected chi connectivity index (χ2v) is 21.9. The number of likely N-dealkylation sites (N-methyl/N-ethyl adjacent to an activating group) is 1. The van der Waals surface area contributed by atoms with Gasteiger partial charge in [-0.05, 0) is 113 Å². The third-order valence-electron chi connectivity index (χ3n) is 15.4. The van der Waals surface area contributed by atoms with Gasteiger partial charge in [0.25, 0.3) is 0 Å². The number of allylic oxidation sites excluding steroid dienone is 4. The average Bonchev–Trinajstić information content (AvgIpc) is 3.30. The number of nitrogens with zero attached hydrogens (tertiary/aromatic N) is 1. The van der Waals surface area contributed by atoms with Gasteiger partial charge in [-0.15, -0.1) is 0 Å². The molecule has 18 atom stereocenters. The minimum absolute atomic E-state index is 0.0801. The predicted octanol–water partition coefficient (Wildman–Crippen LogP) is 8.15. The Morgan fingerprint density at radius 2 is 1.41 bits per heavy atom. The summed E-state index contributed by atoms with van der Waals surface area (Å²) in [5.74, 6) is -5.46. The maximum atomic E-state index is 14.4. The first-order valence-corrected chi connectivity index (χ1v) is 26.7. The van der Waals surface area contributed by atoms with Crippen molar-refractivity contribution in [2.24, 2.45) is 23.7 Å². The summed E-state index contributed by atoms with van der Waals surface area (Å²) >= 11 is 0. The highest BCUT2D eigenvalue weighted by Crippen LogP contribution is 2.41. The van der Waals surface area contributed by atoms with E-state index in [1.807, 2.05) is 32.8 Å². The monoisotopic (exact) mass is 996 g/mol. The van der Waals surface area contributed by atoms with Crippen molar-refractivity contribution in [2.45, 2.75) is 263 Å². The normalized spacial score (nSPS) is 39.6. The van der Waals surface area contributed by atoms with E-state index < -0.39 is 108 Å². The Hall–Kier alpha value is -2.31. The molecule has 3 aliphatic rings. The van der Waals surface area contributed by atoms with Crippen LogP contribution >= 0.6 is 0 Å². The molecule has 3 fully saturated rings. The van der Waals surface area contributed by atoms with Crippen molar-refractivity contribution < 1.29 is 68.0 Å². The van der Waals surface area contributed by atoms with Crippen LogP contribution in [0.25, 0.3) is 0 Å². The largest absolute Gasteiger partial charge is 0.459 e. The smallest absolute Gasteiger partial charge is 0.311 e. The van der Waals surface area contributed by atoms with Crippen LogP contribution in [0.5, 0.6) is 0 Å². The lowest BCUT2D eigenvalue weighted by Gasteiger charge is -2.49. The molecule has 406 valence electrons. The average molecular weight is 996 g/mol. The van der Waals surface area contributed by atoms with Gasteiger partial charge >= 0.3 is 11.9 Å². The number of methoxy groups -OCH3 is 1. The molecule has 3 aliphatic heterocycles. The van der Waals surface area contributed by atoms with Gasteiger partial charge < -0.3 is 58.5 Å². The van der Waals surface area contributed by atoms with E-state index in [2.05, 4.69) is 31.2 Å². The minimum Gasteiger partial charge on any atom is -0.459 e. The highest BCUT2D eigenvalue weighted by atomic mass is 16.7. The highest BCUT2D eigenvalue weighted by Gasteiger charge is 2.54. The molecule has 0 aromatic heterocycles. The van der Waals surface area contributed by atoms with E-state index in [1.165, 1.54) is 47.1 Å². The van der Waals surface area contributed by atoms with E-state index in [4.69, 9.17) is 33.2 Å². The summed E-state index contributed by atoms with van der Waals surface area (Å²) in [5, 5.41) is 47.6. The van der Waals surface area contributed by atoms with Gasteiger partial charge in [0.2, 0.25) is 0 Å². The second-order valence-electron chi connectivity index (χ2n) is 21.9. The van der Waals surface area contributed by atoms with Gasteiger partial charge in [-0.25, -0.2) is 0 Å². The Kier molecular flexibility index (Phi) is 25.6. The lowest BCUT2D eigenvalue weighted by atomic mass is 9.74. The Bertz CT molecular complexity index is 1640. The first-order chi connectivity index (χ1) is 32.9. The van der Waals surface area contributed by atoms with Crippen LogP contribution < -0.4 is 0 Å². The molecule has 3 heterocycles. The van der Waals surface area contributed by atoms with Crippen LogP contribution in [-0.4, -0.2) is 149 Å². The van der Waals surface area contributed by atoms with Crippen LogP contribution in [0.4, 0.5) is 0 Å². The summed E-state index contributed by atoms with van der Waals surface area (Å²) in [6.07, 6.45) is 11.2. The van der Waals surface area contributed by atoms with Gasteiger partial charge in [0.05, 0.1) is 42.0 Å². The van der Waals surface area contributed by atoms with E-state index in [0.717, 1.165) is 44.9 Å². The summed E-state index contributed by atoms with van der Waals surface area (Å²) in [7, 11) is 5.24. The first kappa shape index (κ1) is 62.0.